The van der Waals surface area contributed by atoms with Crippen LogP contribution in [0.2, 0.25) is 0 Å². The molecule has 0 aromatic heterocycles. The molecule has 40 heavy (non-hydrogen) atoms. The molecule has 2 aromatic carbocycles. The number of hydrogen-bond donors (Lipinski definition) is 4. The smallest absolute Gasteiger partial charge is 0.338 e. The lowest BCUT2D eigenvalue weighted by molar-refractivity contribution is -0.118. The van der Waals surface area contributed by atoms with Crippen LogP contribution in [0.4, 0.5) is 0 Å². The van der Waals surface area contributed by atoms with Gasteiger partial charge in [0.2, 0.25) is 5.91 Å². The molecule has 1 fully saturated rings. The maximum atomic E-state index is 13.0. The molecular formula is C29H32N2O9. The summed E-state index contributed by atoms with van der Waals surface area (Å²) in [6.07, 6.45) is 3.23. The highest BCUT2D eigenvalue weighted by Crippen LogP contribution is 2.31. The molecule has 1 saturated heterocycles. The summed E-state index contributed by atoms with van der Waals surface area (Å²) in [5, 5.41) is 23.1. The second-order valence-corrected chi connectivity index (χ2v) is 9.10. The number of nitrogens with one attached hydrogen (secondary N) is 2. The van der Waals surface area contributed by atoms with Crippen LogP contribution in [0.3, 0.4) is 0 Å². The van der Waals surface area contributed by atoms with Crippen molar-refractivity contribution in [1.82, 2.24) is 10.6 Å². The van der Waals surface area contributed by atoms with E-state index in [2.05, 4.69) is 10.6 Å². The molecule has 0 unspecified atom stereocenters. The van der Waals surface area contributed by atoms with Crippen molar-refractivity contribution in [3.05, 3.63) is 88.7 Å². The molecule has 4 N–H and O–H groups in total. The van der Waals surface area contributed by atoms with Gasteiger partial charge in [-0.25, -0.2) is 4.79 Å². The van der Waals surface area contributed by atoms with Gasteiger partial charge in [-0.1, -0.05) is 24.3 Å². The van der Waals surface area contributed by atoms with Gasteiger partial charge in [0.15, 0.2) is 0 Å². The summed E-state index contributed by atoms with van der Waals surface area (Å²) in [6, 6.07) is 13.5. The number of aliphatic hydroxyl groups excluding tert-OH is 2. The molecule has 4 rings (SSSR count). The molecule has 0 saturated carbocycles. The van der Waals surface area contributed by atoms with Gasteiger partial charge in [-0.15, -0.1) is 0 Å². The van der Waals surface area contributed by atoms with Crippen LogP contribution in [0, 0.1) is 0 Å². The minimum Gasteiger partial charge on any atom is -0.499 e. The van der Waals surface area contributed by atoms with Gasteiger partial charge in [0.05, 0.1) is 25.0 Å². The van der Waals surface area contributed by atoms with E-state index in [1.165, 1.54) is 6.26 Å². The zero-order valence-corrected chi connectivity index (χ0v) is 21.8. The van der Waals surface area contributed by atoms with E-state index in [0.717, 1.165) is 11.1 Å². The maximum absolute atomic E-state index is 13.0. The van der Waals surface area contributed by atoms with E-state index < -0.39 is 24.3 Å². The Morgan fingerprint density at radius 2 is 1.80 bits per heavy atom. The van der Waals surface area contributed by atoms with Crippen LogP contribution in [0.15, 0.2) is 66.4 Å². The van der Waals surface area contributed by atoms with Crippen molar-refractivity contribution in [3.8, 4) is 0 Å². The summed E-state index contributed by atoms with van der Waals surface area (Å²) in [4.78, 5) is 38.1. The predicted molar refractivity (Wildman–Crippen MR) is 143 cm³/mol. The molecule has 0 bridgehead atoms. The van der Waals surface area contributed by atoms with Crippen LogP contribution < -0.4 is 10.6 Å². The van der Waals surface area contributed by atoms with E-state index in [-0.39, 0.29) is 57.9 Å². The highest BCUT2D eigenvalue weighted by molar-refractivity contribution is 5.95. The largest absolute Gasteiger partial charge is 0.499 e. The number of esters is 1. The Morgan fingerprint density at radius 1 is 0.975 bits per heavy atom. The van der Waals surface area contributed by atoms with Gasteiger partial charge in [0.25, 0.3) is 5.91 Å². The van der Waals surface area contributed by atoms with E-state index in [9.17, 15) is 14.4 Å². The number of hydrogen-bond acceptors (Lipinski definition) is 9. The fourth-order valence-corrected chi connectivity index (χ4v) is 4.30. The average Bonchev–Trinajstić information content (AvgIpc) is 3.46. The average molecular weight is 553 g/mol. The van der Waals surface area contributed by atoms with Crippen molar-refractivity contribution in [3.63, 3.8) is 0 Å². The Bertz CT molecular complexity index is 1240. The molecule has 212 valence electrons. The van der Waals surface area contributed by atoms with E-state index in [0.29, 0.717) is 16.7 Å². The highest BCUT2D eigenvalue weighted by atomic mass is 16.7. The monoisotopic (exact) mass is 552 g/mol. The zero-order chi connectivity index (χ0) is 28.3. The van der Waals surface area contributed by atoms with Crippen molar-refractivity contribution < 1.29 is 43.5 Å². The SMILES string of the molecule is O=C(NCc1cccc(C(=O)NCCO)c1)C1=C[C@H]2OCO[C@H]2[C@H](OC(=O)c2ccc(C=COCCO)cc2)C1. The molecule has 2 aromatic rings. The standard InChI is InChI=1S/C29H32N2O9/c32-10-9-30-27(34)22-3-1-2-20(14-22)17-31-28(35)23-15-24-26(39-18-38-24)25(16-23)40-29(36)21-6-4-19(5-7-21)8-12-37-13-11-33/h1-8,12,14-15,24-26,32-33H,9-11,13,16-18H2,(H,30,34)(H,31,35)/t24-,25-,26-/m1/s1. The zero-order valence-electron chi connectivity index (χ0n) is 21.8. The summed E-state index contributed by atoms with van der Waals surface area (Å²) in [5.41, 5.74) is 2.69. The van der Waals surface area contributed by atoms with Gasteiger partial charge in [0.1, 0.15) is 31.7 Å². The summed E-state index contributed by atoms with van der Waals surface area (Å²) in [5.74, 6) is -1.21. The Kier molecular flexibility index (Phi) is 10.4. The minimum absolute atomic E-state index is 0.0271. The minimum atomic E-state index is -0.726. The topological polar surface area (TPSA) is 153 Å². The normalized spacial score (nSPS) is 19.9. The Hall–Kier alpha value is -4.03. The van der Waals surface area contributed by atoms with Gasteiger partial charge in [0, 0.05) is 30.6 Å². The van der Waals surface area contributed by atoms with Gasteiger partial charge >= 0.3 is 5.97 Å². The molecular weight excluding hydrogens is 520 g/mol. The molecule has 0 spiro atoms. The van der Waals surface area contributed by atoms with Crippen molar-refractivity contribution in [2.24, 2.45) is 0 Å². The Balaban J connectivity index is 1.35. The second-order valence-electron chi connectivity index (χ2n) is 9.10. The fraction of sp³-hybridized carbons (Fsp3) is 0.345. The van der Waals surface area contributed by atoms with E-state index in [1.807, 2.05) is 0 Å². The van der Waals surface area contributed by atoms with Crippen molar-refractivity contribution >= 4 is 23.9 Å². The number of carbonyl (C=O) groups is 3. The molecule has 3 atom stereocenters. The molecule has 2 amide bonds. The van der Waals surface area contributed by atoms with Crippen LogP contribution in [0.1, 0.15) is 38.3 Å². The second kappa shape index (κ2) is 14.4. The number of rotatable bonds is 12. The molecule has 1 aliphatic heterocycles. The first-order valence-corrected chi connectivity index (χ1v) is 12.9. The highest BCUT2D eigenvalue weighted by Gasteiger charge is 2.42. The predicted octanol–water partition coefficient (Wildman–Crippen LogP) is 1.30. The third-order valence-electron chi connectivity index (χ3n) is 6.30. The quantitative estimate of drug-likeness (QED) is 0.173. The number of fused-ring (bicyclic) bond motifs is 1. The number of amides is 2. The molecule has 2 aliphatic rings. The molecule has 0 radical (unpaired) electrons. The maximum Gasteiger partial charge on any atom is 0.338 e. The van der Waals surface area contributed by atoms with Crippen molar-refractivity contribution in [2.45, 2.75) is 31.3 Å². The third kappa shape index (κ3) is 7.76. The number of aliphatic hydroxyl groups is 2. The first-order chi connectivity index (χ1) is 19.5. The van der Waals surface area contributed by atoms with E-state index >= 15 is 0 Å². The van der Waals surface area contributed by atoms with Gasteiger partial charge in [-0.05, 0) is 47.5 Å². The summed E-state index contributed by atoms with van der Waals surface area (Å²) in [7, 11) is 0. The summed E-state index contributed by atoms with van der Waals surface area (Å²) >= 11 is 0. The van der Waals surface area contributed by atoms with Gasteiger partial charge < -0.3 is 39.8 Å². The number of ether oxygens (including phenoxy) is 4. The van der Waals surface area contributed by atoms with Crippen LogP contribution in [0.5, 0.6) is 0 Å². The van der Waals surface area contributed by atoms with Crippen molar-refractivity contribution in [2.75, 3.05) is 33.2 Å². The van der Waals surface area contributed by atoms with Crippen molar-refractivity contribution in [1.29, 1.82) is 0 Å². The lowest BCUT2D eigenvalue weighted by Gasteiger charge is -2.30. The molecule has 11 heteroatoms. The van der Waals surface area contributed by atoms with Crippen LogP contribution in [-0.2, 0) is 30.3 Å². The van der Waals surface area contributed by atoms with Crippen LogP contribution >= 0.6 is 0 Å². The Morgan fingerprint density at radius 3 is 2.58 bits per heavy atom. The first kappa shape index (κ1) is 29.0. The van der Waals surface area contributed by atoms with Crippen LogP contribution in [0.25, 0.3) is 6.08 Å². The number of benzene rings is 2. The Labute approximate surface area is 231 Å². The summed E-state index contributed by atoms with van der Waals surface area (Å²) in [6.45, 7) is 0.320. The van der Waals surface area contributed by atoms with Gasteiger partial charge in [-0.2, -0.15) is 0 Å². The van der Waals surface area contributed by atoms with Gasteiger partial charge in [-0.3, -0.25) is 9.59 Å². The summed E-state index contributed by atoms with van der Waals surface area (Å²) < 4.78 is 22.1. The number of carbonyl (C=O) groups excluding carboxylic acids is 3. The van der Waals surface area contributed by atoms with E-state index in [4.69, 9.17) is 29.2 Å². The molecule has 11 nitrogen and oxygen atoms in total. The third-order valence-corrected chi connectivity index (χ3v) is 6.30. The lowest BCUT2D eigenvalue weighted by Crippen LogP contribution is -2.43. The van der Waals surface area contributed by atoms with Crippen LogP contribution in [-0.4, -0.2) is 79.5 Å². The fourth-order valence-electron chi connectivity index (χ4n) is 4.30. The molecule has 1 heterocycles. The lowest BCUT2D eigenvalue weighted by atomic mass is 9.91. The molecule has 1 aliphatic carbocycles. The first-order valence-electron chi connectivity index (χ1n) is 12.9. The van der Waals surface area contributed by atoms with E-state index in [1.54, 1.807) is 60.7 Å².